The fourth-order valence-electron chi connectivity index (χ4n) is 3.80. The average Bonchev–Trinajstić information content (AvgIpc) is 3.13. The first-order valence-electron chi connectivity index (χ1n) is 9.73. The first-order valence-corrected chi connectivity index (χ1v) is 10.9. The molecule has 30 heavy (non-hydrogen) atoms. The molecule has 0 radical (unpaired) electrons. The molecule has 0 atom stereocenters. The van der Waals surface area contributed by atoms with Crippen molar-refractivity contribution in [3.63, 3.8) is 0 Å². The van der Waals surface area contributed by atoms with Gasteiger partial charge in [0.05, 0.1) is 48.8 Å². The van der Waals surface area contributed by atoms with Gasteiger partial charge in [-0.2, -0.15) is 0 Å². The summed E-state index contributed by atoms with van der Waals surface area (Å²) < 4.78 is 19.1. The molecular formula is C22H22BrClN2O4. The van der Waals surface area contributed by atoms with E-state index in [9.17, 15) is 4.79 Å². The molecule has 2 heterocycles. The topological polar surface area (TPSA) is 52.9 Å². The van der Waals surface area contributed by atoms with Crippen molar-refractivity contribution < 1.29 is 19.0 Å². The highest BCUT2D eigenvalue weighted by Gasteiger charge is 2.31. The van der Waals surface area contributed by atoms with Crippen LogP contribution < -0.4 is 9.64 Å². The Balaban J connectivity index is 2.09. The van der Waals surface area contributed by atoms with Gasteiger partial charge in [0.1, 0.15) is 5.75 Å². The smallest absolute Gasteiger partial charge is 0.357 e. The van der Waals surface area contributed by atoms with Gasteiger partial charge in [-0.3, -0.25) is 0 Å². The molecule has 3 aromatic rings. The molecule has 0 saturated carbocycles. The molecule has 1 fully saturated rings. The van der Waals surface area contributed by atoms with Crippen LogP contribution in [-0.2, 0) is 9.47 Å². The molecule has 4 rings (SSSR count). The summed E-state index contributed by atoms with van der Waals surface area (Å²) in [4.78, 5) is 15.4. The Labute approximate surface area is 188 Å². The Morgan fingerprint density at radius 3 is 2.70 bits per heavy atom. The van der Waals surface area contributed by atoms with Crippen molar-refractivity contribution in [3.05, 3.63) is 51.6 Å². The zero-order valence-corrected chi connectivity index (χ0v) is 19.1. The summed E-state index contributed by atoms with van der Waals surface area (Å²) in [5.74, 6) is 0.297. The van der Waals surface area contributed by atoms with Crippen LogP contribution in [0.25, 0.3) is 16.6 Å². The summed E-state index contributed by atoms with van der Waals surface area (Å²) in [6.45, 7) is 4.56. The van der Waals surface area contributed by atoms with Crippen LogP contribution in [0.4, 0.5) is 5.69 Å². The number of benzene rings is 2. The lowest BCUT2D eigenvalue weighted by Gasteiger charge is -2.29. The van der Waals surface area contributed by atoms with Gasteiger partial charge in [-0.1, -0.05) is 17.7 Å². The fraction of sp³-hybridized carbons (Fsp3) is 0.318. The molecule has 2 aromatic carbocycles. The molecule has 1 aliphatic rings. The summed E-state index contributed by atoms with van der Waals surface area (Å²) in [5, 5.41) is 1.36. The van der Waals surface area contributed by atoms with Crippen molar-refractivity contribution >= 4 is 50.1 Å². The van der Waals surface area contributed by atoms with Gasteiger partial charge in [-0.05, 0) is 47.1 Å². The minimum Gasteiger partial charge on any atom is -0.497 e. The quantitative estimate of drug-likeness (QED) is 0.465. The van der Waals surface area contributed by atoms with Crippen molar-refractivity contribution in [2.75, 3.05) is 44.9 Å². The third-order valence-electron chi connectivity index (χ3n) is 5.11. The Morgan fingerprint density at radius 1 is 1.23 bits per heavy atom. The predicted octanol–water partition coefficient (Wildman–Crippen LogP) is 5.07. The van der Waals surface area contributed by atoms with E-state index in [1.165, 1.54) is 0 Å². The second kappa shape index (κ2) is 8.88. The second-order valence-electron chi connectivity index (χ2n) is 6.81. The Morgan fingerprint density at radius 2 is 2.00 bits per heavy atom. The monoisotopic (exact) mass is 492 g/mol. The van der Waals surface area contributed by atoms with E-state index in [1.807, 2.05) is 41.0 Å². The van der Waals surface area contributed by atoms with E-state index in [1.54, 1.807) is 14.0 Å². The van der Waals surface area contributed by atoms with E-state index < -0.39 is 5.97 Å². The number of hydrogen-bond acceptors (Lipinski definition) is 5. The van der Waals surface area contributed by atoms with Crippen LogP contribution in [0.5, 0.6) is 5.75 Å². The largest absolute Gasteiger partial charge is 0.497 e. The van der Waals surface area contributed by atoms with E-state index in [4.69, 9.17) is 25.8 Å². The maximum atomic E-state index is 13.2. The zero-order valence-electron chi connectivity index (χ0n) is 16.8. The van der Waals surface area contributed by atoms with Crippen LogP contribution in [-0.4, -0.2) is 50.6 Å². The highest BCUT2D eigenvalue weighted by Crippen LogP contribution is 2.44. The minimum absolute atomic E-state index is 0.276. The zero-order chi connectivity index (χ0) is 21.3. The van der Waals surface area contributed by atoms with Crippen LogP contribution >= 0.6 is 27.5 Å². The van der Waals surface area contributed by atoms with Gasteiger partial charge >= 0.3 is 5.97 Å². The summed E-state index contributed by atoms with van der Waals surface area (Å²) in [7, 11) is 1.62. The molecule has 0 aliphatic carbocycles. The molecule has 1 saturated heterocycles. The molecule has 0 spiro atoms. The molecule has 0 bridgehead atoms. The number of hydrogen-bond donors (Lipinski definition) is 0. The fourth-order valence-corrected chi connectivity index (χ4v) is 4.38. The number of aromatic nitrogens is 1. The van der Waals surface area contributed by atoms with E-state index in [0.717, 1.165) is 26.8 Å². The van der Waals surface area contributed by atoms with Gasteiger partial charge < -0.3 is 23.7 Å². The minimum atomic E-state index is -0.398. The summed E-state index contributed by atoms with van der Waals surface area (Å²) >= 11 is 10.3. The Kier molecular flexibility index (Phi) is 6.22. The molecule has 6 nitrogen and oxygen atoms in total. The third-order valence-corrected chi connectivity index (χ3v) is 6.39. The maximum absolute atomic E-state index is 13.2. The van der Waals surface area contributed by atoms with Crippen LogP contribution in [0.3, 0.4) is 0 Å². The summed E-state index contributed by atoms with van der Waals surface area (Å²) in [6, 6.07) is 11.4. The van der Waals surface area contributed by atoms with Crippen LogP contribution in [0.1, 0.15) is 17.4 Å². The van der Waals surface area contributed by atoms with Gasteiger partial charge in [0.15, 0.2) is 5.69 Å². The molecule has 1 aromatic heterocycles. The molecule has 0 N–H and O–H groups in total. The first kappa shape index (κ1) is 21.0. The normalized spacial score (nSPS) is 14.2. The average molecular weight is 494 g/mol. The SMILES string of the molecule is CCOC(=O)c1c(N2CCOCC2)c2c(Cl)c(Br)ccc2n1-c1cccc(OC)c1. The summed E-state index contributed by atoms with van der Waals surface area (Å²) in [5.41, 5.74) is 2.82. The lowest BCUT2D eigenvalue weighted by atomic mass is 10.2. The molecule has 0 unspecified atom stereocenters. The van der Waals surface area contributed by atoms with Gasteiger partial charge in [-0.15, -0.1) is 0 Å². The van der Waals surface area contributed by atoms with Crippen molar-refractivity contribution in [2.24, 2.45) is 0 Å². The number of anilines is 1. The first-order chi connectivity index (χ1) is 14.6. The van der Waals surface area contributed by atoms with Crippen molar-refractivity contribution in [2.45, 2.75) is 6.92 Å². The van der Waals surface area contributed by atoms with E-state index >= 15 is 0 Å². The lowest BCUT2D eigenvalue weighted by molar-refractivity contribution is 0.0517. The predicted molar refractivity (Wildman–Crippen MR) is 122 cm³/mol. The highest BCUT2D eigenvalue weighted by molar-refractivity contribution is 9.10. The number of fused-ring (bicyclic) bond motifs is 1. The number of carbonyl (C=O) groups excluding carboxylic acids is 1. The highest BCUT2D eigenvalue weighted by atomic mass is 79.9. The van der Waals surface area contributed by atoms with Gasteiger partial charge in [0, 0.05) is 29.0 Å². The summed E-state index contributed by atoms with van der Waals surface area (Å²) in [6.07, 6.45) is 0. The molecule has 0 amide bonds. The van der Waals surface area contributed by atoms with Crippen molar-refractivity contribution in [1.29, 1.82) is 0 Å². The lowest BCUT2D eigenvalue weighted by Crippen LogP contribution is -2.37. The van der Waals surface area contributed by atoms with Crippen LogP contribution in [0, 0.1) is 0 Å². The number of methoxy groups -OCH3 is 1. The van der Waals surface area contributed by atoms with E-state index in [-0.39, 0.29) is 6.61 Å². The Bertz CT molecular complexity index is 1090. The number of nitrogens with zero attached hydrogens (tertiary/aromatic N) is 2. The number of halogens is 2. The second-order valence-corrected chi connectivity index (χ2v) is 8.04. The van der Waals surface area contributed by atoms with Gasteiger partial charge in [0.2, 0.25) is 0 Å². The van der Waals surface area contributed by atoms with Crippen LogP contribution in [0.15, 0.2) is 40.9 Å². The van der Waals surface area contributed by atoms with E-state index in [2.05, 4.69) is 20.8 Å². The van der Waals surface area contributed by atoms with Crippen LogP contribution in [0.2, 0.25) is 5.02 Å². The molecule has 158 valence electrons. The molecule has 1 aliphatic heterocycles. The molecular weight excluding hydrogens is 472 g/mol. The van der Waals surface area contributed by atoms with Crippen molar-refractivity contribution in [3.8, 4) is 11.4 Å². The van der Waals surface area contributed by atoms with Gasteiger partial charge in [0.25, 0.3) is 0 Å². The Hall–Kier alpha value is -2.22. The van der Waals surface area contributed by atoms with E-state index in [0.29, 0.717) is 42.8 Å². The third kappa shape index (κ3) is 3.66. The number of ether oxygens (including phenoxy) is 3. The number of esters is 1. The maximum Gasteiger partial charge on any atom is 0.357 e. The molecule has 8 heteroatoms. The van der Waals surface area contributed by atoms with Crippen molar-refractivity contribution in [1.82, 2.24) is 4.57 Å². The number of morpholine rings is 1. The number of carbonyl (C=O) groups is 1. The standard InChI is InChI=1S/C22H22BrClN2O4/c1-3-30-22(27)21-20(25-9-11-29-12-10-25)18-17(8-7-16(23)19(18)24)26(21)14-5-4-6-15(13-14)28-2/h4-8,13H,3,9-12H2,1-2H3. The van der Waals surface area contributed by atoms with Gasteiger partial charge in [-0.25, -0.2) is 4.79 Å². The number of rotatable bonds is 5.